The van der Waals surface area contributed by atoms with Gasteiger partial charge in [0.2, 0.25) is 0 Å². The maximum absolute atomic E-state index is 15.2. The highest BCUT2D eigenvalue weighted by Gasteiger charge is 2.66. The van der Waals surface area contributed by atoms with E-state index in [1.165, 1.54) is 24.3 Å². The van der Waals surface area contributed by atoms with E-state index < -0.39 is 37.6 Å². The first-order chi connectivity index (χ1) is 13.8. The van der Waals surface area contributed by atoms with Crippen LogP contribution < -0.4 is 4.74 Å². The predicted molar refractivity (Wildman–Crippen MR) is 103 cm³/mol. The summed E-state index contributed by atoms with van der Waals surface area (Å²) in [5, 5.41) is 0.398. The number of ether oxygens (including phenoxy) is 2. The van der Waals surface area contributed by atoms with Crippen LogP contribution in [0.2, 0.25) is 5.02 Å². The second-order valence-electron chi connectivity index (χ2n) is 8.15. The van der Waals surface area contributed by atoms with E-state index in [2.05, 4.69) is 0 Å². The van der Waals surface area contributed by atoms with Crippen LogP contribution in [0.1, 0.15) is 24.8 Å². The lowest BCUT2D eigenvalue weighted by Crippen LogP contribution is -2.64. The number of halogens is 3. The van der Waals surface area contributed by atoms with Crippen molar-refractivity contribution in [3.05, 3.63) is 58.6 Å². The molecule has 2 heterocycles. The normalized spacial score (nSPS) is 27.5. The van der Waals surface area contributed by atoms with Gasteiger partial charge < -0.3 is 9.47 Å². The zero-order valence-electron chi connectivity index (χ0n) is 15.5. The molecule has 1 spiro atoms. The fourth-order valence-electron chi connectivity index (χ4n) is 5.38. The molecule has 1 saturated heterocycles. The first-order valence-electron chi connectivity index (χ1n) is 9.51. The van der Waals surface area contributed by atoms with Crippen molar-refractivity contribution < 1.29 is 26.7 Å². The van der Waals surface area contributed by atoms with Gasteiger partial charge in [-0.3, -0.25) is 0 Å². The molecule has 1 aliphatic carbocycles. The Kier molecular flexibility index (Phi) is 4.25. The van der Waals surface area contributed by atoms with Crippen molar-refractivity contribution in [2.45, 2.75) is 28.9 Å². The Hall–Kier alpha value is -1.70. The molecule has 0 unspecified atom stereocenters. The lowest BCUT2D eigenvalue weighted by atomic mass is 9.58. The number of rotatable bonds is 2. The first kappa shape index (κ1) is 19.3. The molecule has 5 rings (SSSR count). The quantitative estimate of drug-likeness (QED) is 0.690. The van der Waals surface area contributed by atoms with Gasteiger partial charge in [0, 0.05) is 16.4 Å². The van der Waals surface area contributed by atoms with Crippen LogP contribution in [-0.4, -0.2) is 28.2 Å². The van der Waals surface area contributed by atoms with Crippen LogP contribution in [0, 0.1) is 23.0 Å². The molecule has 29 heavy (non-hydrogen) atoms. The summed E-state index contributed by atoms with van der Waals surface area (Å²) in [5.74, 6) is -2.35. The molecule has 154 valence electrons. The molecule has 1 saturated carbocycles. The van der Waals surface area contributed by atoms with E-state index in [1.807, 2.05) is 0 Å². The highest BCUT2D eigenvalue weighted by Crippen LogP contribution is 2.63. The fraction of sp³-hybridized carbons (Fsp3) is 0.429. The fourth-order valence-corrected chi connectivity index (χ4v) is 7.99. The topological polar surface area (TPSA) is 52.6 Å². The summed E-state index contributed by atoms with van der Waals surface area (Å²) >= 11 is 5.95. The average molecular weight is 441 g/mol. The number of sulfone groups is 1. The zero-order chi connectivity index (χ0) is 20.4. The van der Waals surface area contributed by atoms with Gasteiger partial charge in [0.25, 0.3) is 0 Å². The Balaban J connectivity index is 1.82. The van der Waals surface area contributed by atoms with E-state index in [4.69, 9.17) is 21.1 Å². The third kappa shape index (κ3) is 2.47. The smallest absolute Gasteiger partial charge is 0.188 e. The Morgan fingerprint density at radius 3 is 2.34 bits per heavy atom. The molecule has 2 aromatic rings. The van der Waals surface area contributed by atoms with Crippen LogP contribution in [0.25, 0.3) is 0 Å². The Labute approximate surface area is 172 Å². The highest BCUT2D eigenvalue weighted by atomic mass is 35.5. The van der Waals surface area contributed by atoms with Gasteiger partial charge >= 0.3 is 0 Å². The van der Waals surface area contributed by atoms with Crippen molar-refractivity contribution in [2.24, 2.45) is 11.3 Å². The minimum Gasteiger partial charge on any atom is -0.490 e. The molecule has 2 fully saturated rings. The van der Waals surface area contributed by atoms with Gasteiger partial charge in [0.15, 0.2) is 21.4 Å². The molecule has 0 bridgehead atoms. The summed E-state index contributed by atoms with van der Waals surface area (Å²) in [7, 11) is -4.10. The van der Waals surface area contributed by atoms with Gasteiger partial charge in [-0.05, 0) is 49.2 Å². The molecule has 0 amide bonds. The zero-order valence-corrected chi connectivity index (χ0v) is 17.0. The second kappa shape index (κ2) is 6.40. The highest BCUT2D eigenvalue weighted by molar-refractivity contribution is 7.92. The van der Waals surface area contributed by atoms with Crippen molar-refractivity contribution in [3.63, 3.8) is 0 Å². The van der Waals surface area contributed by atoms with Crippen LogP contribution in [-0.2, 0) is 19.3 Å². The Morgan fingerprint density at radius 1 is 1.00 bits per heavy atom. The predicted octanol–water partition coefficient (Wildman–Crippen LogP) is 4.50. The summed E-state index contributed by atoms with van der Waals surface area (Å²) in [6.07, 6.45) is 1.54. The third-order valence-electron chi connectivity index (χ3n) is 6.78. The number of fused-ring (bicyclic) bond motifs is 4. The SMILES string of the molecule is O=S(=O)(c1ccc(Cl)cc1)[C@@]12CCCC3(COC3)[C@@H]1COc1c(F)ccc(F)c12. The Bertz CT molecular complexity index is 1080. The second-order valence-corrected chi connectivity index (χ2v) is 10.8. The van der Waals surface area contributed by atoms with Gasteiger partial charge in [-0.25, -0.2) is 17.2 Å². The average Bonchev–Trinajstić information content (AvgIpc) is 2.68. The standard InChI is InChI=1S/C21H19ClF2O4S/c22-13-2-4-14(5-3-13)29(25,26)21-9-1-8-20(11-27-12-20)17(21)10-28-19-16(24)7-6-15(23)18(19)21/h2-7,17H,1,8-12H2/t17-,21-/m0/s1. The molecule has 4 nitrogen and oxygen atoms in total. The maximum Gasteiger partial charge on any atom is 0.188 e. The third-order valence-corrected chi connectivity index (χ3v) is 9.58. The van der Waals surface area contributed by atoms with Gasteiger partial charge in [0.1, 0.15) is 10.6 Å². The minimum atomic E-state index is -4.10. The molecule has 0 radical (unpaired) electrons. The minimum absolute atomic E-state index is 0.00352. The molecule has 0 N–H and O–H groups in total. The van der Waals surface area contributed by atoms with Crippen molar-refractivity contribution in [3.8, 4) is 5.75 Å². The van der Waals surface area contributed by atoms with Crippen molar-refractivity contribution in [2.75, 3.05) is 19.8 Å². The first-order valence-corrected chi connectivity index (χ1v) is 11.4. The van der Waals surface area contributed by atoms with Crippen LogP contribution in [0.4, 0.5) is 8.78 Å². The number of benzene rings is 2. The van der Waals surface area contributed by atoms with Crippen molar-refractivity contribution in [1.82, 2.24) is 0 Å². The molecule has 8 heteroatoms. The summed E-state index contributed by atoms with van der Waals surface area (Å²) in [6, 6.07) is 7.79. The maximum atomic E-state index is 15.2. The molecule has 2 aliphatic heterocycles. The van der Waals surface area contributed by atoms with Crippen LogP contribution in [0.5, 0.6) is 5.75 Å². The largest absolute Gasteiger partial charge is 0.490 e. The van der Waals surface area contributed by atoms with E-state index >= 15 is 4.39 Å². The van der Waals surface area contributed by atoms with Crippen LogP contribution in [0.3, 0.4) is 0 Å². The van der Waals surface area contributed by atoms with E-state index in [1.54, 1.807) is 0 Å². The monoisotopic (exact) mass is 440 g/mol. The van der Waals surface area contributed by atoms with Gasteiger partial charge in [-0.1, -0.05) is 18.0 Å². The molecule has 2 aromatic carbocycles. The molecule has 2 atom stereocenters. The number of hydrogen-bond donors (Lipinski definition) is 0. The van der Waals surface area contributed by atoms with E-state index in [0.717, 1.165) is 18.6 Å². The van der Waals surface area contributed by atoms with Gasteiger partial charge in [-0.15, -0.1) is 0 Å². The Morgan fingerprint density at radius 2 is 1.69 bits per heavy atom. The van der Waals surface area contributed by atoms with Crippen molar-refractivity contribution in [1.29, 1.82) is 0 Å². The summed E-state index contributed by atoms with van der Waals surface area (Å²) in [5.41, 5.74) is -0.608. The lowest BCUT2D eigenvalue weighted by molar-refractivity contribution is -0.183. The van der Waals surface area contributed by atoms with Crippen molar-refractivity contribution >= 4 is 21.4 Å². The molecular formula is C21H19ClF2O4S. The van der Waals surface area contributed by atoms with Gasteiger partial charge in [-0.2, -0.15) is 0 Å². The number of hydrogen-bond acceptors (Lipinski definition) is 4. The molecular weight excluding hydrogens is 422 g/mol. The lowest BCUT2D eigenvalue weighted by Gasteiger charge is -2.59. The van der Waals surface area contributed by atoms with E-state index in [-0.39, 0.29) is 29.2 Å². The van der Waals surface area contributed by atoms with E-state index in [9.17, 15) is 12.8 Å². The molecule has 3 aliphatic rings. The van der Waals surface area contributed by atoms with Crippen LogP contribution in [0.15, 0.2) is 41.3 Å². The summed E-state index contributed by atoms with van der Waals surface area (Å²) in [4.78, 5) is 0.0423. The van der Waals surface area contributed by atoms with Gasteiger partial charge in [0.05, 0.1) is 30.3 Å². The van der Waals surface area contributed by atoms with Crippen LogP contribution >= 0.6 is 11.6 Å². The summed E-state index contributed by atoms with van der Waals surface area (Å²) < 4.78 is 67.4. The summed E-state index contributed by atoms with van der Waals surface area (Å²) in [6.45, 7) is 0.792. The van der Waals surface area contributed by atoms with E-state index in [0.29, 0.717) is 24.7 Å². The molecule has 0 aromatic heterocycles.